The van der Waals surface area contributed by atoms with Gasteiger partial charge in [-0.05, 0) is 38.0 Å². The molecule has 1 fully saturated rings. The Morgan fingerprint density at radius 1 is 1.42 bits per heavy atom. The molecule has 1 heterocycles. The maximum absolute atomic E-state index is 10.7. The minimum atomic E-state index is -1.05. The molecule has 0 radical (unpaired) electrons. The lowest BCUT2D eigenvalue weighted by Gasteiger charge is -2.20. The van der Waals surface area contributed by atoms with Crippen LogP contribution in [0.4, 0.5) is 0 Å². The molecule has 3 N–H and O–H groups in total. The third kappa shape index (κ3) is 4.65. The Morgan fingerprint density at radius 2 is 2.15 bits per heavy atom. The van der Waals surface area contributed by atoms with E-state index in [1.807, 2.05) is 20.2 Å². The van der Waals surface area contributed by atoms with Gasteiger partial charge in [-0.25, -0.2) is 4.99 Å². The number of halogens is 1. The van der Waals surface area contributed by atoms with Crippen molar-refractivity contribution in [2.45, 2.75) is 37.8 Å². The van der Waals surface area contributed by atoms with Gasteiger partial charge in [0, 0.05) is 41.8 Å². The molecule has 1 aliphatic carbocycles. The molecule has 3 rings (SSSR count). The van der Waals surface area contributed by atoms with E-state index in [9.17, 15) is 5.11 Å². The number of guanidine groups is 1. The molecule has 0 amide bonds. The van der Waals surface area contributed by atoms with Gasteiger partial charge in [0.15, 0.2) is 5.96 Å². The zero-order chi connectivity index (χ0) is 18.7. The number of aryl methyl sites for hydroxylation is 1. The van der Waals surface area contributed by atoms with Crippen LogP contribution in [0.5, 0.6) is 0 Å². The fraction of sp³-hybridized carbons (Fsp3) is 0.474. The Hall–Kier alpha value is -1.86. The number of benzene rings is 1. The lowest BCUT2D eigenvalue weighted by atomic mass is 10.0. The van der Waals surface area contributed by atoms with Crippen LogP contribution >= 0.6 is 15.9 Å². The highest BCUT2D eigenvalue weighted by Gasteiger charge is 2.39. The van der Waals surface area contributed by atoms with E-state index in [2.05, 4.69) is 60.9 Å². The first kappa shape index (κ1) is 18.9. The Balaban J connectivity index is 1.62. The van der Waals surface area contributed by atoms with Gasteiger partial charge < -0.3 is 15.7 Å². The van der Waals surface area contributed by atoms with E-state index >= 15 is 0 Å². The van der Waals surface area contributed by atoms with E-state index in [1.165, 1.54) is 5.56 Å². The summed E-state index contributed by atoms with van der Waals surface area (Å²) in [6.07, 6.45) is 4.59. The first-order valence-corrected chi connectivity index (χ1v) is 9.70. The average Bonchev–Trinajstić information content (AvgIpc) is 3.22. The molecule has 2 aromatic rings. The van der Waals surface area contributed by atoms with Crippen LogP contribution in [0.2, 0.25) is 0 Å². The van der Waals surface area contributed by atoms with Gasteiger partial charge in [0.05, 0.1) is 12.7 Å². The smallest absolute Gasteiger partial charge is 0.191 e. The second-order valence-corrected chi connectivity index (χ2v) is 7.93. The summed E-state index contributed by atoms with van der Waals surface area (Å²) in [6.45, 7) is 4.84. The molecule has 0 spiro atoms. The van der Waals surface area contributed by atoms with Crippen LogP contribution in [0.1, 0.15) is 37.3 Å². The summed E-state index contributed by atoms with van der Waals surface area (Å²) in [5, 5.41) is 21.6. The number of aliphatic imine (C=N–C) groups is 1. The molecule has 1 saturated carbocycles. The van der Waals surface area contributed by atoms with Crippen molar-refractivity contribution in [2.75, 3.05) is 13.1 Å². The summed E-state index contributed by atoms with van der Waals surface area (Å²) in [5.74, 6) is 1.24. The molecular formula is C19H26BrN5O. The number of aliphatic hydroxyl groups is 1. The zero-order valence-corrected chi connectivity index (χ0v) is 17.0. The van der Waals surface area contributed by atoms with E-state index < -0.39 is 5.60 Å². The number of hydrogen-bond acceptors (Lipinski definition) is 3. The van der Waals surface area contributed by atoms with Crippen molar-refractivity contribution in [1.82, 2.24) is 20.4 Å². The monoisotopic (exact) mass is 419 g/mol. The summed E-state index contributed by atoms with van der Waals surface area (Å²) in [4.78, 5) is 4.59. The van der Waals surface area contributed by atoms with E-state index in [1.54, 1.807) is 17.8 Å². The number of rotatable bonds is 6. The summed E-state index contributed by atoms with van der Waals surface area (Å²) >= 11 is 3.48. The molecule has 1 aromatic carbocycles. The van der Waals surface area contributed by atoms with Gasteiger partial charge in [0.2, 0.25) is 0 Å². The van der Waals surface area contributed by atoms with Crippen LogP contribution in [0, 0.1) is 0 Å². The predicted molar refractivity (Wildman–Crippen MR) is 107 cm³/mol. The van der Waals surface area contributed by atoms with Gasteiger partial charge in [-0.3, -0.25) is 4.68 Å². The number of nitrogens with one attached hydrogen (secondary N) is 2. The Kier molecular flexibility index (Phi) is 5.67. The standard InChI is InChI=1S/C19H26BrN5O/c1-4-21-18(22-12-19(2,26)14-10-23-25(3)11-14)24-17-9-16(17)13-5-7-15(20)8-6-13/h5-8,10-11,16-17,26H,4,9,12H2,1-3H3,(H2,21,22,24). The summed E-state index contributed by atoms with van der Waals surface area (Å²) < 4.78 is 2.78. The van der Waals surface area contributed by atoms with Crippen molar-refractivity contribution in [3.8, 4) is 0 Å². The molecule has 6 nitrogen and oxygen atoms in total. The minimum absolute atomic E-state index is 0.268. The van der Waals surface area contributed by atoms with Crippen molar-refractivity contribution in [3.05, 3.63) is 52.3 Å². The molecule has 0 saturated heterocycles. The third-order valence-corrected chi connectivity index (χ3v) is 5.16. The number of hydrogen-bond donors (Lipinski definition) is 3. The van der Waals surface area contributed by atoms with Crippen molar-refractivity contribution in [2.24, 2.45) is 12.0 Å². The Labute approximate surface area is 162 Å². The molecule has 140 valence electrons. The number of nitrogens with zero attached hydrogens (tertiary/aromatic N) is 3. The van der Waals surface area contributed by atoms with Crippen LogP contribution < -0.4 is 10.6 Å². The third-order valence-electron chi connectivity index (χ3n) is 4.63. The highest BCUT2D eigenvalue weighted by atomic mass is 79.9. The topological polar surface area (TPSA) is 74.5 Å². The molecule has 0 aliphatic heterocycles. The normalized spacial score (nSPS) is 22.0. The quantitative estimate of drug-likeness (QED) is 0.496. The molecule has 0 bridgehead atoms. The molecule has 7 heteroatoms. The number of aromatic nitrogens is 2. The largest absolute Gasteiger partial charge is 0.383 e. The van der Waals surface area contributed by atoms with Gasteiger partial charge in [-0.2, -0.15) is 5.10 Å². The zero-order valence-electron chi connectivity index (χ0n) is 15.4. The van der Waals surface area contributed by atoms with Gasteiger partial charge in [0.1, 0.15) is 5.60 Å². The van der Waals surface area contributed by atoms with Crippen LogP contribution in [0.3, 0.4) is 0 Å². The molecule has 1 aliphatic rings. The van der Waals surface area contributed by atoms with Gasteiger partial charge in [-0.15, -0.1) is 0 Å². The maximum Gasteiger partial charge on any atom is 0.191 e. The van der Waals surface area contributed by atoms with Crippen LogP contribution in [-0.4, -0.2) is 40.0 Å². The van der Waals surface area contributed by atoms with E-state index in [4.69, 9.17) is 0 Å². The first-order chi connectivity index (χ1) is 12.4. The fourth-order valence-corrected chi connectivity index (χ4v) is 3.22. The van der Waals surface area contributed by atoms with Crippen LogP contribution in [0.15, 0.2) is 46.1 Å². The second-order valence-electron chi connectivity index (χ2n) is 7.02. The second kappa shape index (κ2) is 7.80. The molecule has 1 aromatic heterocycles. The van der Waals surface area contributed by atoms with E-state index in [0.717, 1.165) is 29.0 Å². The summed E-state index contributed by atoms with van der Waals surface area (Å²) in [6, 6.07) is 8.85. The maximum atomic E-state index is 10.7. The van der Waals surface area contributed by atoms with Gasteiger partial charge in [0.25, 0.3) is 0 Å². The summed E-state index contributed by atoms with van der Waals surface area (Å²) in [7, 11) is 1.84. The van der Waals surface area contributed by atoms with Crippen molar-refractivity contribution in [3.63, 3.8) is 0 Å². The Bertz CT molecular complexity index is 768. The minimum Gasteiger partial charge on any atom is -0.383 e. The highest BCUT2D eigenvalue weighted by molar-refractivity contribution is 9.10. The summed E-state index contributed by atoms with van der Waals surface area (Å²) in [5.41, 5.74) is 1.05. The van der Waals surface area contributed by atoms with Crippen molar-refractivity contribution in [1.29, 1.82) is 0 Å². The van der Waals surface area contributed by atoms with E-state index in [0.29, 0.717) is 12.0 Å². The Morgan fingerprint density at radius 3 is 2.77 bits per heavy atom. The van der Waals surface area contributed by atoms with Crippen LogP contribution in [0.25, 0.3) is 0 Å². The SMILES string of the molecule is CCNC(=NCC(C)(O)c1cnn(C)c1)NC1CC1c1ccc(Br)cc1. The van der Waals surface area contributed by atoms with E-state index in [-0.39, 0.29) is 6.54 Å². The van der Waals surface area contributed by atoms with Crippen molar-refractivity contribution >= 4 is 21.9 Å². The fourth-order valence-electron chi connectivity index (χ4n) is 2.95. The molecule has 3 atom stereocenters. The van der Waals surface area contributed by atoms with Gasteiger partial charge >= 0.3 is 0 Å². The van der Waals surface area contributed by atoms with Crippen LogP contribution in [-0.2, 0) is 12.6 Å². The predicted octanol–water partition coefficient (Wildman–Crippen LogP) is 2.50. The van der Waals surface area contributed by atoms with Gasteiger partial charge in [-0.1, -0.05) is 28.1 Å². The average molecular weight is 420 g/mol. The lowest BCUT2D eigenvalue weighted by Crippen LogP contribution is -2.40. The highest BCUT2D eigenvalue weighted by Crippen LogP contribution is 2.41. The first-order valence-electron chi connectivity index (χ1n) is 8.91. The molecule has 26 heavy (non-hydrogen) atoms. The van der Waals surface area contributed by atoms with Crippen molar-refractivity contribution < 1.29 is 5.11 Å². The molecule has 3 unspecified atom stereocenters. The lowest BCUT2D eigenvalue weighted by molar-refractivity contribution is 0.0671. The molecular weight excluding hydrogens is 394 g/mol.